The van der Waals surface area contributed by atoms with E-state index in [1.54, 1.807) is 12.1 Å². The van der Waals surface area contributed by atoms with Crippen LogP contribution in [0, 0.1) is 5.82 Å². The second-order valence-electron chi connectivity index (χ2n) is 12.4. The summed E-state index contributed by atoms with van der Waals surface area (Å²) in [6.45, 7) is 13.5. The van der Waals surface area contributed by atoms with Gasteiger partial charge >= 0.3 is 0 Å². The molecule has 0 saturated carbocycles. The van der Waals surface area contributed by atoms with Crippen molar-refractivity contribution in [3.8, 4) is 5.75 Å². The molecule has 3 rings (SSSR count). The third-order valence-electron chi connectivity index (χ3n) is 7.96. The first kappa shape index (κ1) is 33.7. The Labute approximate surface area is 255 Å². The Hall–Kier alpha value is -2.75. The molecule has 0 saturated heterocycles. The highest BCUT2D eigenvalue weighted by Gasteiger charge is 2.39. The van der Waals surface area contributed by atoms with E-state index in [1.165, 1.54) is 12.1 Å². The minimum atomic E-state index is -2.13. The van der Waals surface area contributed by atoms with Crippen molar-refractivity contribution >= 4 is 25.8 Å². The number of halogens is 2. The third-order valence-corrected chi connectivity index (χ3v) is 12.8. The second-order valence-corrected chi connectivity index (χ2v) is 17.6. The monoisotopic (exact) mass is 614 g/mol. The first-order valence-corrected chi connectivity index (χ1v) is 17.6. The number of benzene rings is 3. The summed E-state index contributed by atoms with van der Waals surface area (Å²) in [4.78, 5) is 12.6. The van der Waals surface area contributed by atoms with Gasteiger partial charge in [0.15, 0.2) is 8.32 Å². The second kappa shape index (κ2) is 14.6. The normalized spacial score (nSPS) is 13.5. The average Bonchev–Trinajstić information content (AvgIpc) is 2.90. The lowest BCUT2D eigenvalue weighted by atomic mass is 10.0. The van der Waals surface area contributed by atoms with E-state index in [-0.39, 0.29) is 59.0 Å². The predicted octanol–water partition coefficient (Wildman–Crippen LogP) is 6.82. The number of phenols is 1. The minimum absolute atomic E-state index is 0.0157. The van der Waals surface area contributed by atoms with Crippen LogP contribution in [0.15, 0.2) is 60.7 Å². The number of rotatable bonds is 13. The summed E-state index contributed by atoms with van der Waals surface area (Å²) >= 11 is 6.07. The van der Waals surface area contributed by atoms with Gasteiger partial charge in [-0.25, -0.2) is 4.39 Å². The van der Waals surface area contributed by atoms with Crippen LogP contribution in [0.1, 0.15) is 61.6 Å². The highest BCUT2D eigenvalue weighted by molar-refractivity contribution is 6.74. The third kappa shape index (κ3) is 9.38. The van der Waals surface area contributed by atoms with E-state index >= 15 is 0 Å². The molecule has 0 heterocycles. The first-order chi connectivity index (χ1) is 19.7. The van der Waals surface area contributed by atoms with Gasteiger partial charge in [-0.2, -0.15) is 0 Å². The fourth-order valence-electron chi connectivity index (χ4n) is 4.43. The molecule has 3 aromatic rings. The van der Waals surface area contributed by atoms with E-state index in [1.807, 2.05) is 36.4 Å². The molecule has 0 spiro atoms. The molecule has 0 aliphatic heterocycles. The number of aromatic hydroxyl groups is 1. The maximum Gasteiger partial charge on any atom is 0.224 e. The smallest absolute Gasteiger partial charge is 0.224 e. The minimum Gasteiger partial charge on any atom is -0.508 e. The summed E-state index contributed by atoms with van der Waals surface area (Å²) in [6.07, 6.45) is 0.667. The van der Waals surface area contributed by atoms with Crippen LogP contribution < -0.4 is 10.6 Å². The van der Waals surface area contributed by atoms with Crippen molar-refractivity contribution in [1.82, 2.24) is 10.6 Å². The van der Waals surface area contributed by atoms with Gasteiger partial charge in [0.1, 0.15) is 11.6 Å². The van der Waals surface area contributed by atoms with Gasteiger partial charge in [-0.3, -0.25) is 4.79 Å². The van der Waals surface area contributed by atoms with Crippen molar-refractivity contribution in [2.45, 2.75) is 84.0 Å². The molecular weight excluding hydrogens is 571 g/mol. The molecule has 1 amide bonds. The Morgan fingerprint density at radius 1 is 1.07 bits per heavy atom. The Kier molecular flexibility index (Phi) is 11.7. The Balaban J connectivity index is 1.63. The topological polar surface area (TPSA) is 90.8 Å². The largest absolute Gasteiger partial charge is 0.508 e. The summed E-state index contributed by atoms with van der Waals surface area (Å²) in [6, 6.07) is 17.7. The van der Waals surface area contributed by atoms with Crippen molar-refractivity contribution in [2.24, 2.45) is 0 Å². The van der Waals surface area contributed by atoms with E-state index in [0.29, 0.717) is 12.1 Å². The van der Waals surface area contributed by atoms with Gasteiger partial charge in [-0.15, -0.1) is 0 Å². The van der Waals surface area contributed by atoms with Crippen LogP contribution in [-0.4, -0.2) is 37.0 Å². The van der Waals surface area contributed by atoms with E-state index in [2.05, 4.69) is 51.4 Å². The van der Waals surface area contributed by atoms with Gasteiger partial charge in [0.2, 0.25) is 5.91 Å². The van der Waals surface area contributed by atoms with Crippen LogP contribution in [0.4, 0.5) is 4.39 Å². The quantitative estimate of drug-likeness (QED) is 0.159. The van der Waals surface area contributed by atoms with Crippen LogP contribution in [0.25, 0.3) is 0 Å². The molecule has 4 N–H and O–H groups in total. The van der Waals surface area contributed by atoms with Crippen molar-refractivity contribution in [3.63, 3.8) is 0 Å². The lowest BCUT2D eigenvalue weighted by molar-refractivity contribution is -0.120. The van der Waals surface area contributed by atoms with Gasteiger partial charge in [0.25, 0.3) is 0 Å². The molecule has 0 bridgehead atoms. The first-order valence-electron chi connectivity index (χ1n) is 14.3. The molecular formula is C33H44ClFN2O4Si. The predicted molar refractivity (Wildman–Crippen MR) is 170 cm³/mol. The average molecular weight is 615 g/mol. The lowest BCUT2D eigenvalue weighted by Gasteiger charge is -2.40. The molecule has 0 radical (unpaired) electrons. The zero-order valence-corrected chi connectivity index (χ0v) is 27.2. The summed E-state index contributed by atoms with van der Waals surface area (Å²) in [5, 5.41) is 26.5. The van der Waals surface area contributed by atoms with Gasteiger partial charge in [0, 0.05) is 35.3 Å². The molecule has 0 fully saturated rings. The van der Waals surface area contributed by atoms with Crippen LogP contribution >= 0.6 is 11.6 Å². The molecule has 228 valence electrons. The Bertz CT molecular complexity index is 1340. The van der Waals surface area contributed by atoms with Gasteiger partial charge in [0.05, 0.1) is 19.1 Å². The van der Waals surface area contributed by atoms with Crippen molar-refractivity contribution < 1.29 is 23.8 Å². The van der Waals surface area contributed by atoms with Crippen LogP contribution in [0.2, 0.25) is 23.2 Å². The van der Waals surface area contributed by atoms with Crippen molar-refractivity contribution in [3.05, 3.63) is 99.3 Å². The van der Waals surface area contributed by atoms with Crippen LogP contribution in [0.5, 0.6) is 5.75 Å². The van der Waals surface area contributed by atoms with Crippen LogP contribution in [0.3, 0.4) is 0 Å². The molecule has 3 aromatic carbocycles. The number of hydrogen-bond donors (Lipinski definition) is 4. The Morgan fingerprint density at radius 3 is 2.43 bits per heavy atom. The molecule has 0 unspecified atom stereocenters. The van der Waals surface area contributed by atoms with Crippen molar-refractivity contribution in [2.75, 3.05) is 6.54 Å². The van der Waals surface area contributed by atoms with Gasteiger partial charge in [-0.1, -0.05) is 68.8 Å². The molecule has 6 nitrogen and oxygen atoms in total. The molecule has 0 aromatic heterocycles. The standard InChI is InChI=1S/C33H44ClFN2O4Si/c1-22(36-20-31(41-42(5,6)33(2,3)4)25-13-14-30(39)26(18-25)21-38)15-23-9-7-10-24(16-23)17-32(40)37-19-27-28(34)11-8-12-29(27)35/h7-14,16,18,22,31,36,38-39H,15,17,19-21H2,1-6H3,(H,37,40)/t22-,31-/m1/s1. The van der Waals surface area contributed by atoms with Crippen molar-refractivity contribution in [1.29, 1.82) is 0 Å². The van der Waals surface area contributed by atoms with Crippen LogP contribution in [-0.2, 0) is 35.2 Å². The number of nitrogens with one attached hydrogen (secondary N) is 2. The number of aliphatic hydroxyl groups is 1. The molecule has 0 aliphatic carbocycles. The van der Waals surface area contributed by atoms with Gasteiger partial charge in [-0.05, 0) is 72.4 Å². The number of aliphatic hydroxyl groups excluding tert-OH is 1. The number of hydrogen-bond acceptors (Lipinski definition) is 5. The number of amides is 1. The lowest BCUT2D eigenvalue weighted by Crippen LogP contribution is -2.44. The molecule has 0 aliphatic rings. The van der Waals surface area contributed by atoms with Gasteiger partial charge < -0.3 is 25.3 Å². The molecule has 9 heteroatoms. The summed E-state index contributed by atoms with van der Waals surface area (Å²) < 4.78 is 20.8. The zero-order chi connectivity index (χ0) is 31.1. The highest BCUT2D eigenvalue weighted by Crippen LogP contribution is 2.40. The maximum atomic E-state index is 14.0. The maximum absolute atomic E-state index is 14.0. The molecule has 42 heavy (non-hydrogen) atoms. The van der Waals surface area contributed by atoms with E-state index < -0.39 is 14.1 Å². The summed E-state index contributed by atoms with van der Waals surface area (Å²) in [5.74, 6) is -0.583. The van der Waals surface area contributed by atoms with E-state index in [4.69, 9.17) is 16.0 Å². The number of carbonyl (C=O) groups is 1. The van der Waals surface area contributed by atoms with E-state index in [9.17, 15) is 19.4 Å². The summed E-state index contributed by atoms with van der Waals surface area (Å²) in [7, 11) is -2.13. The van der Waals surface area contributed by atoms with E-state index in [0.717, 1.165) is 23.1 Å². The number of carbonyl (C=O) groups excluding carboxylic acids is 1. The SMILES string of the molecule is C[C@H](Cc1cccc(CC(=O)NCc2c(F)cccc2Cl)c1)NC[C@@H](O[Si](C)(C)C(C)(C)C)c1ccc(O)c(CO)c1. The summed E-state index contributed by atoms with van der Waals surface area (Å²) in [5.41, 5.74) is 3.62. The Morgan fingerprint density at radius 2 is 1.76 bits per heavy atom. The highest BCUT2D eigenvalue weighted by atomic mass is 35.5. The zero-order valence-electron chi connectivity index (χ0n) is 25.4. The fraction of sp³-hybridized carbons (Fsp3) is 0.424. The molecule has 2 atom stereocenters. The fourth-order valence-corrected chi connectivity index (χ4v) is 5.94.